The number of piperazine rings is 1. The van der Waals surface area contributed by atoms with Gasteiger partial charge in [0.15, 0.2) is 5.11 Å². The quantitative estimate of drug-likeness (QED) is 0.232. The van der Waals surface area contributed by atoms with Gasteiger partial charge in [-0.15, -0.1) is 12.4 Å². The minimum absolute atomic E-state index is 0. The van der Waals surface area contributed by atoms with Crippen LogP contribution in [-0.2, 0) is 0 Å². The molecule has 0 atom stereocenters. The van der Waals surface area contributed by atoms with Crippen LogP contribution in [0.15, 0.2) is 97.1 Å². The first-order valence-corrected chi connectivity index (χ1v) is 13.4. The summed E-state index contributed by atoms with van der Waals surface area (Å²) in [6.45, 7) is 11.0. The van der Waals surface area contributed by atoms with Crippen LogP contribution in [0.3, 0.4) is 0 Å². The molecule has 3 aromatic carbocycles. The molecule has 0 bridgehead atoms. The van der Waals surface area contributed by atoms with Gasteiger partial charge in [0.05, 0.1) is 7.11 Å². The number of hydrogen-bond donors (Lipinski definition) is 2. The van der Waals surface area contributed by atoms with Gasteiger partial charge in [0.2, 0.25) is 0 Å². The normalized spacial score (nSPS) is 13.4. The lowest BCUT2D eigenvalue weighted by molar-refractivity contribution is 0.254. The molecule has 38 heavy (non-hydrogen) atoms. The average molecular weight is 551 g/mol. The largest absolute Gasteiger partial charge is 0.497 e. The first-order chi connectivity index (χ1) is 18.1. The van der Waals surface area contributed by atoms with E-state index < -0.39 is 0 Å². The lowest BCUT2D eigenvalue weighted by Crippen LogP contribution is -2.45. The first kappa shape index (κ1) is 29.7. The Morgan fingerprint density at radius 2 is 1.55 bits per heavy atom. The van der Waals surface area contributed by atoms with Gasteiger partial charge in [-0.2, -0.15) is 0 Å². The van der Waals surface area contributed by atoms with Crippen molar-refractivity contribution in [1.29, 1.82) is 0 Å². The number of rotatable bonds is 11. The fraction of sp³-hybridized carbons (Fsp3) is 0.323. The zero-order valence-electron chi connectivity index (χ0n) is 22.1. The second-order valence-corrected chi connectivity index (χ2v) is 9.91. The van der Waals surface area contributed by atoms with Gasteiger partial charge in [-0.3, -0.25) is 4.90 Å². The monoisotopic (exact) mass is 550 g/mol. The van der Waals surface area contributed by atoms with E-state index in [1.165, 1.54) is 16.7 Å². The predicted octanol–water partition coefficient (Wildman–Crippen LogP) is 5.80. The van der Waals surface area contributed by atoms with Gasteiger partial charge in [0.1, 0.15) is 5.75 Å². The van der Waals surface area contributed by atoms with Crippen LogP contribution in [0.2, 0.25) is 0 Å². The fourth-order valence-corrected chi connectivity index (χ4v) is 5.09. The number of nitrogens with zero attached hydrogens (tertiary/aromatic N) is 2. The highest BCUT2D eigenvalue weighted by Crippen LogP contribution is 2.28. The SMILES string of the molecule is C=C(CN1CCNCC1)CN(CCC(c1ccccc1)c1ccccc1)C(=S)Nc1ccc(OC)cc1.Cl. The third-order valence-corrected chi connectivity index (χ3v) is 7.15. The molecule has 202 valence electrons. The molecular formula is C31H39ClN4OS. The predicted molar refractivity (Wildman–Crippen MR) is 166 cm³/mol. The van der Waals surface area contributed by atoms with Crippen molar-refractivity contribution in [3.8, 4) is 5.75 Å². The Kier molecular flexibility index (Phi) is 12.1. The molecule has 0 spiro atoms. The maximum Gasteiger partial charge on any atom is 0.173 e. The second kappa shape index (κ2) is 15.5. The molecule has 1 aliphatic heterocycles. The molecule has 0 unspecified atom stereocenters. The average Bonchev–Trinajstić information content (AvgIpc) is 2.94. The summed E-state index contributed by atoms with van der Waals surface area (Å²) in [4.78, 5) is 4.73. The number of hydrogen-bond acceptors (Lipinski definition) is 4. The minimum Gasteiger partial charge on any atom is -0.497 e. The summed E-state index contributed by atoms with van der Waals surface area (Å²) in [7, 11) is 1.68. The van der Waals surface area contributed by atoms with Crippen molar-refractivity contribution < 1.29 is 4.74 Å². The zero-order valence-corrected chi connectivity index (χ0v) is 23.8. The Morgan fingerprint density at radius 3 is 2.11 bits per heavy atom. The second-order valence-electron chi connectivity index (χ2n) is 9.52. The number of thiocarbonyl (C=S) groups is 1. The van der Waals surface area contributed by atoms with Crippen molar-refractivity contribution >= 4 is 35.4 Å². The van der Waals surface area contributed by atoms with Crippen LogP contribution < -0.4 is 15.4 Å². The zero-order chi connectivity index (χ0) is 25.9. The van der Waals surface area contributed by atoms with Crippen molar-refractivity contribution in [2.24, 2.45) is 0 Å². The van der Waals surface area contributed by atoms with Gasteiger partial charge in [-0.05, 0) is 59.6 Å². The van der Waals surface area contributed by atoms with E-state index in [2.05, 4.69) is 87.7 Å². The first-order valence-electron chi connectivity index (χ1n) is 13.0. The van der Waals surface area contributed by atoms with E-state index in [0.717, 1.165) is 63.7 Å². The molecule has 4 rings (SSSR count). The van der Waals surface area contributed by atoms with Crippen LogP contribution in [0.5, 0.6) is 5.75 Å². The van der Waals surface area contributed by atoms with Gasteiger partial charge >= 0.3 is 0 Å². The Hall–Kier alpha value is -2.90. The van der Waals surface area contributed by atoms with Gasteiger partial charge in [-0.25, -0.2) is 0 Å². The standard InChI is InChI=1S/C31H38N4OS.ClH/c1-25(23-34-21-18-32-19-22-34)24-35(31(37)33-28-13-15-29(36-2)16-14-28)20-17-30(26-9-5-3-6-10-26)27-11-7-4-8-12-27;/h3-16,30,32H,1,17-24H2,2H3,(H,33,37);1H. The van der Waals surface area contributed by atoms with Crippen molar-refractivity contribution in [3.63, 3.8) is 0 Å². The number of methoxy groups -OCH3 is 1. The molecular weight excluding hydrogens is 512 g/mol. The Bertz CT molecular complexity index is 1080. The van der Waals surface area contributed by atoms with Crippen molar-refractivity contribution in [3.05, 3.63) is 108 Å². The van der Waals surface area contributed by atoms with E-state index in [0.29, 0.717) is 5.11 Å². The topological polar surface area (TPSA) is 39.8 Å². The third kappa shape index (κ3) is 8.84. The van der Waals surface area contributed by atoms with E-state index in [1.54, 1.807) is 7.11 Å². The number of nitrogens with one attached hydrogen (secondary N) is 2. The summed E-state index contributed by atoms with van der Waals surface area (Å²) < 4.78 is 5.30. The molecule has 3 aromatic rings. The highest BCUT2D eigenvalue weighted by Gasteiger charge is 2.19. The van der Waals surface area contributed by atoms with Crippen LogP contribution in [0.25, 0.3) is 0 Å². The summed E-state index contributed by atoms with van der Waals surface area (Å²) >= 11 is 5.95. The molecule has 7 heteroatoms. The smallest absolute Gasteiger partial charge is 0.173 e. The summed E-state index contributed by atoms with van der Waals surface area (Å²) in [5.74, 6) is 1.11. The van der Waals surface area contributed by atoms with Crippen LogP contribution in [0, 0.1) is 0 Å². The van der Waals surface area contributed by atoms with Gasteiger partial charge in [0, 0.05) is 57.4 Å². The van der Waals surface area contributed by atoms with Crippen molar-refractivity contribution in [2.75, 3.05) is 58.2 Å². The molecule has 0 saturated carbocycles. The molecule has 2 N–H and O–H groups in total. The highest BCUT2D eigenvalue weighted by atomic mass is 35.5. The summed E-state index contributed by atoms with van der Waals surface area (Å²) in [5, 5.41) is 7.58. The summed E-state index contributed by atoms with van der Waals surface area (Å²) in [5.41, 5.74) is 4.77. The molecule has 0 radical (unpaired) electrons. The number of halogens is 1. The molecule has 0 amide bonds. The maximum atomic E-state index is 5.95. The number of anilines is 1. The molecule has 0 aliphatic carbocycles. The minimum atomic E-state index is 0. The summed E-state index contributed by atoms with van der Waals surface area (Å²) in [6, 6.07) is 29.4. The summed E-state index contributed by atoms with van der Waals surface area (Å²) in [6.07, 6.45) is 0.944. The molecule has 1 fully saturated rings. The van der Waals surface area contributed by atoms with E-state index >= 15 is 0 Å². The lowest BCUT2D eigenvalue weighted by atomic mass is 9.88. The van der Waals surface area contributed by atoms with Crippen LogP contribution in [-0.4, -0.2) is 67.8 Å². The molecule has 0 aromatic heterocycles. The molecule has 1 heterocycles. The van der Waals surface area contributed by atoms with Gasteiger partial charge in [-0.1, -0.05) is 67.2 Å². The maximum absolute atomic E-state index is 5.95. The molecule has 1 saturated heterocycles. The van der Waals surface area contributed by atoms with E-state index in [-0.39, 0.29) is 18.3 Å². The van der Waals surface area contributed by atoms with E-state index in [4.69, 9.17) is 17.0 Å². The van der Waals surface area contributed by atoms with Crippen LogP contribution in [0.1, 0.15) is 23.5 Å². The fourth-order valence-electron chi connectivity index (χ4n) is 4.82. The van der Waals surface area contributed by atoms with Gasteiger partial charge in [0.25, 0.3) is 0 Å². The van der Waals surface area contributed by atoms with Crippen molar-refractivity contribution in [1.82, 2.24) is 15.1 Å². The Labute approximate surface area is 239 Å². The molecule has 1 aliphatic rings. The molecule has 5 nitrogen and oxygen atoms in total. The van der Waals surface area contributed by atoms with Crippen LogP contribution >= 0.6 is 24.6 Å². The number of benzene rings is 3. The third-order valence-electron chi connectivity index (χ3n) is 6.79. The Balaban J connectivity index is 0.00000400. The van der Waals surface area contributed by atoms with E-state index in [1.807, 2.05) is 24.3 Å². The van der Waals surface area contributed by atoms with Gasteiger partial charge < -0.3 is 20.3 Å². The number of ether oxygens (including phenoxy) is 1. The lowest BCUT2D eigenvalue weighted by Gasteiger charge is -2.32. The highest BCUT2D eigenvalue weighted by molar-refractivity contribution is 7.80. The Morgan fingerprint density at radius 1 is 0.974 bits per heavy atom. The van der Waals surface area contributed by atoms with Crippen LogP contribution in [0.4, 0.5) is 5.69 Å². The van der Waals surface area contributed by atoms with Crippen molar-refractivity contribution in [2.45, 2.75) is 12.3 Å². The van der Waals surface area contributed by atoms with E-state index in [9.17, 15) is 0 Å².